The van der Waals surface area contributed by atoms with Gasteiger partial charge in [0.05, 0.1) is 5.60 Å². The van der Waals surface area contributed by atoms with E-state index in [0.29, 0.717) is 0 Å². The number of carbonyl (C=O) groups excluding carboxylic acids is 1. The summed E-state index contributed by atoms with van der Waals surface area (Å²) in [6, 6.07) is 0.409. The van der Waals surface area contributed by atoms with E-state index in [2.05, 4.69) is 26.1 Å². The van der Waals surface area contributed by atoms with Gasteiger partial charge in [-0.1, -0.05) is 20.3 Å². The molecule has 4 unspecified atom stereocenters. The minimum absolute atomic E-state index is 0. The molecule has 0 bridgehead atoms. The van der Waals surface area contributed by atoms with E-state index in [4.69, 9.17) is 10.5 Å². The van der Waals surface area contributed by atoms with Crippen LogP contribution in [0.2, 0.25) is 0 Å². The molecule has 0 spiro atoms. The van der Waals surface area contributed by atoms with Crippen LogP contribution >= 0.6 is 12.4 Å². The van der Waals surface area contributed by atoms with Gasteiger partial charge >= 0.3 is 0 Å². The highest BCUT2D eigenvalue weighted by atomic mass is 35.5. The van der Waals surface area contributed by atoms with Gasteiger partial charge in [0.25, 0.3) is 0 Å². The summed E-state index contributed by atoms with van der Waals surface area (Å²) >= 11 is 0. The van der Waals surface area contributed by atoms with Gasteiger partial charge in [-0.05, 0) is 32.6 Å². The zero-order valence-electron chi connectivity index (χ0n) is 13.1. The molecule has 2 aliphatic rings. The van der Waals surface area contributed by atoms with Crippen molar-refractivity contribution in [1.82, 2.24) is 5.32 Å². The quantitative estimate of drug-likeness (QED) is 0.840. The second-order valence-corrected chi connectivity index (χ2v) is 7.05. The molecule has 2 rings (SSSR count). The number of nitrogens with one attached hydrogen (secondary N) is 1. The molecule has 2 fully saturated rings. The lowest BCUT2D eigenvalue weighted by Gasteiger charge is -2.59. The minimum Gasteiger partial charge on any atom is -0.378 e. The van der Waals surface area contributed by atoms with Crippen LogP contribution in [-0.2, 0) is 9.53 Å². The molecule has 5 heteroatoms. The fourth-order valence-electron chi connectivity index (χ4n) is 3.48. The fraction of sp³-hybridized carbons (Fsp3) is 0.933. The van der Waals surface area contributed by atoms with Crippen LogP contribution in [0.5, 0.6) is 0 Å². The molecule has 2 saturated carbocycles. The van der Waals surface area contributed by atoms with Crippen LogP contribution in [0.25, 0.3) is 0 Å². The van der Waals surface area contributed by atoms with E-state index in [0.717, 1.165) is 32.1 Å². The Kier molecular flexibility index (Phi) is 5.50. The van der Waals surface area contributed by atoms with Crippen molar-refractivity contribution in [2.24, 2.45) is 17.1 Å². The number of nitrogens with two attached hydrogens (primary N) is 1. The van der Waals surface area contributed by atoms with Gasteiger partial charge in [0.2, 0.25) is 5.91 Å². The van der Waals surface area contributed by atoms with Gasteiger partial charge in [-0.15, -0.1) is 12.4 Å². The molecule has 0 aliphatic heterocycles. The average Bonchev–Trinajstić information content (AvgIpc) is 2.37. The summed E-state index contributed by atoms with van der Waals surface area (Å²) < 4.78 is 5.59. The molecule has 20 heavy (non-hydrogen) atoms. The maximum absolute atomic E-state index is 12.3. The van der Waals surface area contributed by atoms with Gasteiger partial charge in [0.1, 0.15) is 0 Å². The van der Waals surface area contributed by atoms with Gasteiger partial charge in [-0.3, -0.25) is 4.79 Å². The molecular weight excluding hydrogens is 276 g/mol. The largest absolute Gasteiger partial charge is 0.378 e. The SMILES string of the molecule is COC1(C)CC(NC(=O)C2CCCC(N)C2)C1(C)C.Cl. The minimum atomic E-state index is -0.131. The Balaban J connectivity index is 0.00000200. The topological polar surface area (TPSA) is 64.3 Å². The van der Waals surface area contributed by atoms with E-state index >= 15 is 0 Å². The van der Waals surface area contributed by atoms with Crippen LogP contribution in [0.3, 0.4) is 0 Å². The number of methoxy groups -OCH3 is 1. The van der Waals surface area contributed by atoms with Gasteiger partial charge < -0.3 is 15.8 Å². The van der Waals surface area contributed by atoms with Crippen molar-refractivity contribution >= 4 is 18.3 Å². The number of rotatable bonds is 3. The van der Waals surface area contributed by atoms with E-state index in [1.807, 2.05) is 0 Å². The lowest BCUT2D eigenvalue weighted by atomic mass is 9.55. The highest BCUT2D eigenvalue weighted by Gasteiger charge is 2.58. The molecule has 0 heterocycles. The highest BCUT2D eigenvalue weighted by Crippen LogP contribution is 2.51. The van der Waals surface area contributed by atoms with Crippen LogP contribution in [-0.4, -0.2) is 30.7 Å². The van der Waals surface area contributed by atoms with E-state index in [9.17, 15) is 4.79 Å². The summed E-state index contributed by atoms with van der Waals surface area (Å²) in [6.45, 7) is 6.45. The lowest BCUT2D eigenvalue weighted by Crippen LogP contribution is -2.69. The second kappa shape index (κ2) is 6.20. The summed E-state index contributed by atoms with van der Waals surface area (Å²) in [6.07, 6.45) is 4.83. The maximum Gasteiger partial charge on any atom is 0.223 e. The van der Waals surface area contributed by atoms with Crippen molar-refractivity contribution in [3.05, 3.63) is 0 Å². The highest BCUT2D eigenvalue weighted by molar-refractivity contribution is 5.85. The van der Waals surface area contributed by atoms with E-state index in [1.165, 1.54) is 0 Å². The molecule has 2 aliphatic carbocycles. The molecule has 3 N–H and O–H groups in total. The zero-order chi connectivity index (χ0) is 14.3. The summed E-state index contributed by atoms with van der Waals surface area (Å²) in [5, 5.41) is 3.21. The Morgan fingerprint density at radius 2 is 1.95 bits per heavy atom. The molecule has 0 aromatic rings. The Hall–Kier alpha value is -0.320. The van der Waals surface area contributed by atoms with Crippen molar-refractivity contribution in [3.8, 4) is 0 Å². The van der Waals surface area contributed by atoms with Gasteiger partial charge in [-0.25, -0.2) is 0 Å². The first-order chi connectivity index (χ1) is 8.80. The number of carbonyl (C=O) groups is 1. The van der Waals surface area contributed by atoms with Crippen molar-refractivity contribution in [3.63, 3.8) is 0 Å². The van der Waals surface area contributed by atoms with Gasteiger partial charge in [-0.2, -0.15) is 0 Å². The van der Waals surface area contributed by atoms with Crippen LogP contribution in [0.15, 0.2) is 0 Å². The lowest BCUT2D eigenvalue weighted by molar-refractivity contribution is -0.183. The third-order valence-corrected chi connectivity index (χ3v) is 5.68. The molecule has 0 saturated heterocycles. The molecule has 4 atom stereocenters. The molecule has 0 aromatic carbocycles. The average molecular weight is 305 g/mol. The summed E-state index contributed by atoms with van der Waals surface area (Å²) in [7, 11) is 1.75. The third-order valence-electron chi connectivity index (χ3n) is 5.68. The normalized spacial score (nSPS) is 39.4. The van der Waals surface area contributed by atoms with Crippen molar-refractivity contribution in [1.29, 1.82) is 0 Å². The monoisotopic (exact) mass is 304 g/mol. The standard InChI is InChI=1S/C15H28N2O2.ClH/c1-14(2)12(9-15(14,3)19-4)17-13(18)10-6-5-7-11(16)8-10;/h10-12H,5-9,16H2,1-4H3,(H,17,18);1H. The second-order valence-electron chi connectivity index (χ2n) is 7.05. The van der Waals surface area contributed by atoms with Crippen LogP contribution < -0.4 is 11.1 Å². The Morgan fingerprint density at radius 1 is 1.30 bits per heavy atom. The van der Waals surface area contributed by atoms with Gasteiger partial charge in [0.15, 0.2) is 0 Å². The number of halogens is 1. The predicted octanol–water partition coefficient (Wildman–Crippen LogP) is 2.25. The first-order valence-corrected chi connectivity index (χ1v) is 7.41. The Labute approximate surface area is 128 Å². The molecule has 1 amide bonds. The number of ether oxygens (including phenoxy) is 1. The molecule has 4 nitrogen and oxygen atoms in total. The third kappa shape index (κ3) is 2.97. The maximum atomic E-state index is 12.3. The Morgan fingerprint density at radius 3 is 2.45 bits per heavy atom. The smallest absolute Gasteiger partial charge is 0.223 e. The first-order valence-electron chi connectivity index (χ1n) is 7.41. The van der Waals surface area contributed by atoms with E-state index in [1.54, 1.807) is 7.11 Å². The van der Waals surface area contributed by atoms with Crippen LogP contribution in [0.1, 0.15) is 52.9 Å². The van der Waals surface area contributed by atoms with Crippen molar-refractivity contribution in [2.75, 3.05) is 7.11 Å². The molecular formula is C15H29ClN2O2. The van der Waals surface area contributed by atoms with E-state index in [-0.39, 0.29) is 47.3 Å². The fourth-order valence-corrected chi connectivity index (χ4v) is 3.48. The molecule has 0 radical (unpaired) electrons. The number of amides is 1. The number of hydrogen-bond donors (Lipinski definition) is 2. The van der Waals surface area contributed by atoms with Crippen LogP contribution in [0, 0.1) is 11.3 Å². The summed E-state index contributed by atoms with van der Waals surface area (Å²) in [5.41, 5.74) is 5.81. The number of hydrogen-bond acceptors (Lipinski definition) is 3. The van der Waals surface area contributed by atoms with Crippen molar-refractivity contribution < 1.29 is 9.53 Å². The predicted molar refractivity (Wildman–Crippen MR) is 82.9 cm³/mol. The molecule has 0 aromatic heterocycles. The zero-order valence-corrected chi connectivity index (χ0v) is 13.9. The van der Waals surface area contributed by atoms with Crippen LogP contribution in [0.4, 0.5) is 0 Å². The van der Waals surface area contributed by atoms with Gasteiger partial charge in [0, 0.05) is 30.5 Å². The summed E-state index contributed by atoms with van der Waals surface area (Å²) in [4.78, 5) is 12.3. The molecule has 118 valence electrons. The Bertz CT molecular complexity index is 362. The first kappa shape index (κ1) is 17.7. The van der Waals surface area contributed by atoms with Crippen molar-refractivity contribution in [2.45, 2.75) is 70.6 Å². The van der Waals surface area contributed by atoms with E-state index < -0.39 is 0 Å². The summed E-state index contributed by atoms with van der Waals surface area (Å²) in [5.74, 6) is 0.292.